The number of aromatic nitrogens is 4. The van der Waals surface area contributed by atoms with Gasteiger partial charge >= 0.3 is 0 Å². The summed E-state index contributed by atoms with van der Waals surface area (Å²) in [5, 5.41) is 6.93. The van der Waals surface area contributed by atoms with Gasteiger partial charge < -0.3 is 9.47 Å². The molecule has 1 atom stereocenters. The maximum Gasteiger partial charge on any atom is 0.228 e. The number of fused-ring (bicyclic) bond motifs is 6. The maximum atomic E-state index is 6.49. The second-order valence-corrected chi connectivity index (χ2v) is 8.55. The van der Waals surface area contributed by atoms with Gasteiger partial charge in [0.15, 0.2) is 11.5 Å². The number of hydrogen-bond acceptors (Lipinski definition) is 5. The van der Waals surface area contributed by atoms with Crippen LogP contribution in [-0.2, 0) is 0 Å². The van der Waals surface area contributed by atoms with E-state index in [0.717, 1.165) is 50.2 Å². The summed E-state index contributed by atoms with van der Waals surface area (Å²) in [6.45, 7) is 0. The summed E-state index contributed by atoms with van der Waals surface area (Å²) in [5.74, 6) is 2.72. The van der Waals surface area contributed by atoms with E-state index in [2.05, 4.69) is 53.5 Å². The summed E-state index contributed by atoms with van der Waals surface area (Å²) in [6, 6.07) is 30.7. The van der Waals surface area contributed by atoms with Gasteiger partial charge in [-0.1, -0.05) is 66.7 Å². The average molecular weight is 457 g/mol. The van der Waals surface area contributed by atoms with Gasteiger partial charge in [-0.05, 0) is 35.2 Å². The van der Waals surface area contributed by atoms with Crippen molar-refractivity contribution in [2.24, 2.45) is 0 Å². The summed E-state index contributed by atoms with van der Waals surface area (Å²) >= 11 is 0. The Bertz CT molecular complexity index is 1710. The highest BCUT2D eigenvalue weighted by Gasteiger charge is 2.34. The molecule has 2 aromatic heterocycles. The largest absolute Gasteiger partial charge is 0.497 e. The number of benzene rings is 4. The predicted octanol–water partition coefficient (Wildman–Crippen LogP) is 6.24. The molecular formula is C29H20N4O2. The Morgan fingerprint density at radius 1 is 0.857 bits per heavy atom. The molecule has 6 nitrogen and oxygen atoms in total. The monoisotopic (exact) mass is 456 g/mol. The van der Waals surface area contributed by atoms with E-state index in [1.807, 2.05) is 42.5 Å². The normalized spacial score (nSPS) is 14.4. The average Bonchev–Trinajstić information content (AvgIpc) is 3.37. The first-order chi connectivity index (χ1) is 17.3. The van der Waals surface area contributed by atoms with Crippen LogP contribution in [0, 0.1) is 0 Å². The van der Waals surface area contributed by atoms with Crippen molar-refractivity contribution in [2.45, 2.75) is 5.92 Å². The number of ether oxygens (including phenoxy) is 2. The molecule has 0 amide bonds. The number of rotatable bonds is 3. The molecule has 1 aliphatic heterocycles. The Morgan fingerprint density at radius 3 is 2.49 bits per heavy atom. The molecule has 0 N–H and O–H groups in total. The lowest BCUT2D eigenvalue weighted by Crippen LogP contribution is -2.15. The molecule has 7 rings (SSSR count). The van der Waals surface area contributed by atoms with Gasteiger partial charge in [-0.15, -0.1) is 5.10 Å². The molecule has 3 heterocycles. The van der Waals surface area contributed by atoms with Crippen molar-refractivity contribution in [1.29, 1.82) is 0 Å². The van der Waals surface area contributed by atoms with Crippen molar-refractivity contribution in [2.75, 3.05) is 7.11 Å². The molecule has 6 aromatic rings. The van der Waals surface area contributed by atoms with Gasteiger partial charge in [0.25, 0.3) is 0 Å². The third-order valence-electron chi connectivity index (χ3n) is 6.58. The Hall–Kier alpha value is -4.71. The van der Waals surface area contributed by atoms with E-state index in [4.69, 9.17) is 19.6 Å². The molecule has 0 aliphatic carbocycles. The lowest BCUT2D eigenvalue weighted by atomic mass is 9.83. The Balaban J connectivity index is 1.48. The molecule has 0 unspecified atom stereocenters. The van der Waals surface area contributed by atoms with Gasteiger partial charge in [0, 0.05) is 22.4 Å². The van der Waals surface area contributed by atoms with E-state index in [1.54, 1.807) is 18.0 Å². The summed E-state index contributed by atoms with van der Waals surface area (Å²) in [5.41, 5.74) is 4.79. The quantitative estimate of drug-likeness (QED) is 0.315. The Kier molecular flexibility index (Phi) is 4.32. The van der Waals surface area contributed by atoms with Crippen molar-refractivity contribution in [3.05, 3.63) is 114 Å². The number of hydrogen-bond donors (Lipinski definition) is 0. The molecule has 6 heteroatoms. The SMILES string of the molecule is COc1ccc(-c2nc3c4c(ncn3n2)Oc2c(ccc3ccccc23)[C@H]4c2ccccc2)cc1. The zero-order chi connectivity index (χ0) is 23.4. The van der Waals surface area contributed by atoms with E-state index in [-0.39, 0.29) is 5.92 Å². The van der Waals surface area contributed by atoms with Gasteiger partial charge in [0.1, 0.15) is 17.8 Å². The fourth-order valence-electron chi connectivity index (χ4n) is 4.90. The van der Waals surface area contributed by atoms with Crippen LogP contribution < -0.4 is 9.47 Å². The van der Waals surface area contributed by atoms with Crippen molar-refractivity contribution < 1.29 is 9.47 Å². The summed E-state index contributed by atoms with van der Waals surface area (Å²) in [7, 11) is 1.65. The van der Waals surface area contributed by atoms with Crippen LogP contribution in [0.2, 0.25) is 0 Å². The first-order valence-electron chi connectivity index (χ1n) is 11.4. The molecule has 0 bridgehead atoms. The van der Waals surface area contributed by atoms with Crippen LogP contribution in [0.25, 0.3) is 27.8 Å². The summed E-state index contributed by atoms with van der Waals surface area (Å²) < 4.78 is 13.5. The van der Waals surface area contributed by atoms with Crippen LogP contribution in [0.4, 0.5) is 0 Å². The highest BCUT2D eigenvalue weighted by atomic mass is 16.5. The van der Waals surface area contributed by atoms with E-state index in [1.165, 1.54) is 0 Å². The van der Waals surface area contributed by atoms with Crippen LogP contribution in [-0.4, -0.2) is 26.7 Å². The smallest absolute Gasteiger partial charge is 0.228 e. The third-order valence-corrected chi connectivity index (χ3v) is 6.58. The van der Waals surface area contributed by atoms with Crippen molar-refractivity contribution in [3.8, 4) is 28.8 Å². The lowest BCUT2D eigenvalue weighted by molar-refractivity contribution is 0.415. The van der Waals surface area contributed by atoms with E-state index >= 15 is 0 Å². The molecule has 0 spiro atoms. The second kappa shape index (κ2) is 7.67. The molecule has 168 valence electrons. The Morgan fingerprint density at radius 2 is 1.66 bits per heavy atom. The number of nitrogens with zero attached hydrogens (tertiary/aromatic N) is 4. The van der Waals surface area contributed by atoms with Gasteiger partial charge in [-0.3, -0.25) is 0 Å². The first-order valence-corrected chi connectivity index (χ1v) is 11.4. The molecule has 4 aromatic carbocycles. The first kappa shape index (κ1) is 19.7. The molecule has 0 radical (unpaired) electrons. The molecule has 35 heavy (non-hydrogen) atoms. The molecule has 0 fully saturated rings. The predicted molar refractivity (Wildman–Crippen MR) is 134 cm³/mol. The minimum Gasteiger partial charge on any atom is -0.497 e. The molecule has 0 saturated heterocycles. The van der Waals surface area contributed by atoms with E-state index < -0.39 is 0 Å². The zero-order valence-electron chi connectivity index (χ0n) is 18.9. The van der Waals surface area contributed by atoms with Crippen molar-refractivity contribution in [1.82, 2.24) is 19.6 Å². The molecule has 0 saturated carbocycles. The topological polar surface area (TPSA) is 61.5 Å². The lowest BCUT2D eigenvalue weighted by Gasteiger charge is -2.28. The third kappa shape index (κ3) is 3.07. The van der Waals surface area contributed by atoms with Crippen LogP contribution in [0.5, 0.6) is 17.4 Å². The number of methoxy groups -OCH3 is 1. The Labute approximate surface area is 201 Å². The van der Waals surface area contributed by atoms with Crippen LogP contribution >= 0.6 is 0 Å². The standard InChI is InChI=1S/C29H20N4O2/c1-34-21-14-11-20(12-15-21)27-31-28-25-24(19-8-3-2-4-9-19)23-16-13-18-7-5-6-10-22(18)26(23)35-29(25)30-17-33(28)32-27/h2-17,24H,1H3/t24-/m1/s1. The minimum absolute atomic E-state index is 0.0938. The fourth-order valence-corrected chi connectivity index (χ4v) is 4.90. The molecule has 1 aliphatic rings. The van der Waals surface area contributed by atoms with E-state index in [9.17, 15) is 0 Å². The highest BCUT2D eigenvalue weighted by Crippen LogP contribution is 2.50. The second-order valence-electron chi connectivity index (χ2n) is 8.55. The summed E-state index contributed by atoms with van der Waals surface area (Å²) in [6.07, 6.45) is 1.67. The van der Waals surface area contributed by atoms with Gasteiger partial charge in [-0.25, -0.2) is 14.5 Å². The maximum absolute atomic E-state index is 6.49. The van der Waals surface area contributed by atoms with Gasteiger partial charge in [0.2, 0.25) is 5.88 Å². The summed E-state index contributed by atoms with van der Waals surface area (Å²) in [4.78, 5) is 9.64. The van der Waals surface area contributed by atoms with Gasteiger partial charge in [0.05, 0.1) is 12.7 Å². The van der Waals surface area contributed by atoms with E-state index in [0.29, 0.717) is 11.7 Å². The zero-order valence-corrected chi connectivity index (χ0v) is 18.9. The van der Waals surface area contributed by atoms with Crippen LogP contribution in [0.15, 0.2) is 97.3 Å². The van der Waals surface area contributed by atoms with Crippen molar-refractivity contribution >= 4 is 16.4 Å². The highest BCUT2D eigenvalue weighted by molar-refractivity contribution is 5.91. The fraction of sp³-hybridized carbons (Fsp3) is 0.0690. The van der Waals surface area contributed by atoms with Gasteiger partial charge in [-0.2, -0.15) is 0 Å². The molecular weight excluding hydrogens is 436 g/mol. The van der Waals surface area contributed by atoms with Crippen molar-refractivity contribution in [3.63, 3.8) is 0 Å². The van der Waals surface area contributed by atoms with Crippen LogP contribution in [0.3, 0.4) is 0 Å². The minimum atomic E-state index is -0.0938. The van der Waals surface area contributed by atoms with Crippen LogP contribution in [0.1, 0.15) is 22.6 Å².